The van der Waals surface area contributed by atoms with Crippen molar-refractivity contribution in [2.24, 2.45) is 0 Å². The van der Waals surface area contributed by atoms with Crippen LogP contribution in [0.4, 0.5) is 0 Å². The van der Waals surface area contributed by atoms with Gasteiger partial charge in [0.1, 0.15) is 23.9 Å². The number of methoxy groups -OCH3 is 1. The summed E-state index contributed by atoms with van der Waals surface area (Å²) < 4.78 is 10.3. The van der Waals surface area contributed by atoms with Crippen LogP contribution in [0.5, 0.6) is 5.75 Å². The van der Waals surface area contributed by atoms with E-state index in [2.05, 4.69) is 6.26 Å². The molecule has 0 saturated heterocycles. The van der Waals surface area contributed by atoms with Gasteiger partial charge in [-0.15, -0.1) is 0 Å². The predicted molar refractivity (Wildman–Crippen MR) is 96.6 cm³/mol. The van der Waals surface area contributed by atoms with Gasteiger partial charge in [0.2, 0.25) is 0 Å². The van der Waals surface area contributed by atoms with Gasteiger partial charge < -0.3 is 14.6 Å². The molecule has 2 atom stereocenters. The van der Waals surface area contributed by atoms with Crippen LogP contribution in [-0.2, 0) is 26.1 Å². The largest absolute Gasteiger partial charge is 0.508 e. The summed E-state index contributed by atoms with van der Waals surface area (Å²) in [6, 6.07) is 14.8. The van der Waals surface area contributed by atoms with Crippen LogP contribution in [0.15, 0.2) is 53.4 Å². The maximum Gasteiger partial charge on any atom is 0.338 e. The standard InChI is InChI=1S/C19H22O4S/c1-14(12-22-2)23-19(21)16-6-4-15(5-7-16)13-24(3)18-10-8-17(20)9-11-18/h4-11,14H,12-13H2,1-3H3/p+1. The molecule has 2 aromatic carbocycles. The first-order valence-corrected chi connectivity index (χ1v) is 9.50. The number of carbonyl (C=O) groups is 1. The Morgan fingerprint density at radius 3 is 2.33 bits per heavy atom. The molecule has 0 aliphatic rings. The molecular formula is C19H23O4S+. The Balaban J connectivity index is 1.96. The molecule has 0 amide bonds. The van der Waals surface area contributed by atoms with Crippen molar-refractivity contribution in [1.82, 2.24) is 0 Å². The van der Waals surface area contributed by atoms with Gasteiger partial charge in [-0.25, -0.2) is 4.79 Å². The highest BCUT2D eigenvalue weighted by molar-refractivity contribution is 7.95. The highest BCUT2D eigenvalue weighted by Gasteiger charge is 2.17. The van der Waals surface area contributed by atoms with Crippen LogP contribution in [0.25, 0.3) is 0 Å². The molecule has 0 saturated carbocycles. The number of ether oxygens (including phenoxy) is 2. The van der Waals surface area contributed by atoms with E-state index in [-0.39, 0.29) is 28.7 Å². The lowest BCUT2D eigenvalue weighted by Gasteiger charge is -2.12. The van der Waals surface area contributed by atoms with E-state index in [4.69, 9.17) is 9.47 Å². The second kappa shape index (κ2) is 8.76. The van der Waals surface area contributed by atoms with Gasteiger partial charge in [-0.2, -0.15) is 0 Å². The third kappa shape index (κ3) is 5.28. The average molecular weight is 347 g/mol. The lowest BCUT2D eigenvalue weighted by atomic mass is 10.1. The van der Waals surface area contributed by atoms with E-state index in [9.17, 15) is 9.90 Å². The zero-order chi connectivity index (χ0) is 17.5. The summed E-state index contributed by atoms with van der Waals surface area (Å²) in [7, 11) is 1.61. The molecular weight excluding hydrogens is 324 g/mol. The fourth-order valence-electron chi connectivity index (χ4n) is 2.27. The van der Waals surface area contributed by atoms with Crippen molar-refractivity contribution in [2.75, 3.05) is 20.0 Å². The molecule has 0 aromatic heterocycles. The van der Waals surface area contributed by atoms with E-state index in [1.165, 1.54) is 4.90 Å². The monoisotopic (exact) mass is 347 g/mol. The summed E-state index contributed by atoms with van der Waals surface area (Å²) in [4.78, 5) is 13.2. The van der Waals surface area contributed by atoms with Crippen LogP contribution in [-0.4, -0.2) is 37.2 Å². The van der Waals surface area contributed by atoms with Crippen molar-refractivity contribution < 1.29 is 19.4 Å². The second-order valence-electron chi connectivity index (χ2n) is 5.64. The Labute approximate surface area is 145 Å². The molecule has 128 valence electrons. The van der Waals surface area contributed by atoms with Crippen LogP contribution < -0.4 is 0 Å². The van der Waals surface area contributed by atoms with E-state index >= 15 is 0 Å². The van der Waals surface area contributed by atoms with Crippen LogP contribution in [0.1, 0.15) is 22.8 Å². The highest BCUT2D eigenvalue weighted by atomic mass is 32.2. The first-order chi connectivity index (χ1) is 11.5. The number of hydrogen-bond donors (Lipinski definition) is 1. The molecule has 2 unspecified atom stereocenters. The number of phenols is 1. The summed E-state index contributed by atoms with van der Waals surface area (Å²) in [6.45, 7) is 2.19. The molecule has 4 nitrogen and oxygen atoms in total. The van der Waals surface area contributed by atoms with Gasteiger partial charge in [0.25, 0.3) is 0 Å². The van der Waals surface area contributed by atoms with Crippen molar-refractivity contribution in [1.29, 1.82) is 0 Å². The molecule has 0 spiro atoms. The summed E-state index contributed by atoms with van der Waals surface area (Å²) in [5.41, 5.74) is 1.71. The zero-order valence-electron chi connectivity index (χ0n) is 14.2. The smallest absolute Gasteiger partial charge is 0.338 e. The topological polar surface area (TPSA) is 55.8 Å². The number of phenolic OH excluding ortho intramolecular Hbond substituents is 1. The Morgan fingerprint density at radius 1 is 1.12 bits per heavy atom. The number of carbonyl (C=O) groups excluding carboxylic acids is 1. The van der Waals surface area contributed by atoms with Gasteiger partial charge >= 0.3 is 5.97 Å². The Bertz CT molecular complexity index is 652. The minimum atomic E-state index is -0.333. The lowest BCUT2D eigenvalue weighted by Crippen LogP contribution is -2.19. The molecule has 0 aliphatic carbocycles. The van der Waals surface area contributed by atoms with E-state index in [0.29, 0.717) is 12.2 Å². The Morgan fingerprint density at radius 2 is 1.75 bits per heavy atom. The van der Waals surface area contributed by atoms with E-state index in [0.717, 1.165) is 11.3 Å². The van der Waals surface area contributed by atoms with Crippen LogP contribution >= 0.6 is 0 Å². The maximum atomic E-state index is 12.0. The SMILES string of the molecule is COCC(C)OC(=O)c1ccc(C[S+](C)c2ccc(O)cc2)cc1. The summed E-state index contributed by atoms with van der Waals surface area (Å²) >= 11 is 0. The van der Waals surface area contributed by atoms with Crippen LogP contribution in [0.3, 0.4) is 0 Å². The van der Waals surface area contributed by atoms with Gasteiger partial charge in [0, 0.05) is 23.6 Å². The van der Waals surface area contributed by atoms with Gasteiger partial charge in [0.05, 0.1) is 12.2 Å². The maximum absolute atomic E-state index is 12.0. The molecule has 1 N–H and O–H groups in total. The van der Waals surface area contributed by atoms with E-state index < -0.39 is 0 Å². The van der Waals surface area contributed by atoms with Gasteiger partial charge in [-0.1, -0.05) is 12.1 Å². The molecule has 2 rings (SSSR count). The number of aromatic hydroxyl groups is 1. The van der Waals surface area contributed by atoms with Gasteiger partial charge in [0.15, 0.2) is 4.90 Å². The summed E-state index contributed by atoms with van der Waals surface area (Å²) in [5.74, 6) is 0.835. The molecule has 24 heavy (non-hydrogen) atoms. The Hall–Kier alpha value is -1.98. The molecule has 0 aliphatic heterocycles. The third-order valence-corrected chi connectivity index (χ3v) is 5.36. The fraction of sp³-hybridized carbons (Fsp3) is 0.316. The average Bonchev–Trinajstić information content (AvgIpc) is 2.56. The van der Waals surface area contributed by atoms with Crippen molar-refractivity contribution in [3.63, 3.8) is 0 Å². The summed E-state index contributed by atoms with van der Waals surface area (Å²) in [6.07, 6.45) is 1.90. The molecule has 5 heteroatoms. The predicted octanol–water partition coefficient (Wildman–Crippen LogP) is 3.39. The van der Waals surface area contributed by atoms with Crippen LogP contribution in [0, 0.1) is 0 Å². The number of benzene rings is 2. The second-order valence-corrected chi connectivity index (χ2v) is 7.68. The third-order valence-electron chi connectivity index (χ3n) is 3.52. The van der Waals surface area contributed by atoms with Gasteiger partial charge in [-0.05, 0) is 43.3 Å². The fourth-order valence-corrected chi connectivity index (χ4v) is 3.73. The lowest BCUT2D eigenvalue weighted by molar-refractivity contribution is 0.0120. The zero-order valence-corrected chi connectivity index (χ0v) is 15.0. The first-order valence-electron chi connectivity index (χ1n) is 7.70. The van der Waals surface area contributed by atoms with Crippen LogP contribution in [0.2, 0.25) is 0 Å². The highest BCUT2D eigenvalue weighted by Crippen LogP contribution is 2.20. The minimum Gasteiger partial charge on any atom is -0.508 e. The minimum absolute atomic E-state index is 0.0344. The molecule has 2 aromatic rings. The molecule has 0 fully saturated rings. The number of esters is 1. The van der Waals surface area contributed by atoms with Gasteiger partial charge in [-0.3, -0.25) is 0 Å². The van der Waals surface area contributed by atoms with Crippen molar-refractivity contribution in [3.8, 4) is 5.75 Å². The molecule has 0 radical (unpaired) electrons. The Kier molecular flexibility index (Phi) is 6.70. The number of hydrogen-bond acceptors (Lipinski definition) is 4. The van der Waals surface area contributed by atoms with E-state index in [1.807, 2.05) is 24.3 Å². The quantitative estimate of drug-likeness (QED) is 0.616. The summed E-state index contributed by atoms with van der Waals surface area (Å²) in [5, 5.41) is 9.36. The van der Waals surface area contributed by atoms with Crippen molar-refractivity contribution in [3.05, 3.63) is 59.7 Å². The number of rotatable bonds is 7. The van der Waals surface area contributed by atoms with E-state index in [1.54, 1.807) is 38.3 Å². The molecule has 0 heterocycles. The van der Waals surface area contributed by atoms with Crippen molar-refractivity contribution >= 4 is 16.9 Å². The first kappa shape index (κ1) is 18.4. The van der Waals surface area contributed by atoms with Crippen molar-refractivity contribution in [2.45, 2.75) is 23.7 Å². The molecule has 0 bridgehead atoms. The normalized spacial score (nSPS) is 13.3.